The normalized spacial score (nSPS) is 11.9. The molecule has 0 spiro atoms. The Kier molecular flexibility index (Phi) is 4.60. The number of nitrogens with one attached hydrogen (secondary N) is 1. The molecule has 0 aliphatic heterocycles. The molecule has 0 aliphatic carbocycles. The number of carboxylic acid groups (broad SMARTS) is 1. The van der Waals surface area contributed by atoms with Crippen molar-refractivity contribution in [3.05, 3.63) is 22.7 Å². The number of hydrogen-bond donors (Lipinski definition) is 2. The maximum absolute atomic E-state index is 12.4. The number of rotatable bonds is 4. The van der Waals surface area contributed by atoms with Gasteiger partial charge in [0, 0.05) is 11.1 Å². The number of aromatic nitrogens is 1. The number of amides is 1. The number of hydrogen-bond acceptors (Lipinski definition) is 4. The summed E-state index contributed by atoms with van der Waals surface area (Å²) >= 11 is 0.733. The number of aromatic carboxylic acids is 1. The summed E-state index contributed by atoms with van der Waals surface area (Å²) in [5, 5.41) is 11.0. The average molecular weight is 346 g/mol. The van der Waals surface area contributed by atoms with E-state index >= 15 is 0 Å². The maximum atomic E-state index is 12.4. The number of pyridine rings is 1. The molecule has 0 atom stereocenters. The van der Waals surface area contributed by atoms with Gasteiger partial charge in [-0.1, -0.05) is 13.8 Å². The number of carbonyl (C=O) groups is 2. The van der Waals surface area contributed by atoms with E-state index in [4.69, 9.17) is 5.11 Å². The lowest BCUT2D eigenvalue weighted by Crippen LogP contribution is -2.30. The number of nitrogens with zero attached hydrogens (tertiary/aromatic N) is 1. The summed E-state index contributed by atoms with van der Waals surface area (Å²) in [6, 6.07) is 3.10. The summed E-state index contributed by atoms with van der Waals surface area (Å²) in [6.07, 6.45) is -4.45. The van der Waals surface area contributed by atoms with Crippen molar-refractivity contribution in [1.82, 2.24) is 4.98 Å². The lowest BCUT2D eigenvalue weighted by Gasteiger charge is -2.08. The molecule has 23 heavy (non-hydrogen) atoms. The van der Waals surface area contributed by atoms with Crippen molar-refractivity contribution in [3.8, 4) is 0 Å². The molecular weight excluding hydrogens is 333 g/mol. The van der Waals surface area contributed by atoms with E-state index in [0.717, 1.165) is 11.3 Å². The van der Waals surface area contributed by atoms with Crippen LogP contribution in [0.15, 0.2) is 12.1 Å². The second-order valence-corrected chi connectivity index (χ2v) is 6.32. The predicted molar refractivity (Wildman–Crippen MR) is 79.8 cm³/mol. The number of halogens is 3. The highest BCUT2D eigenvalue weighted by Crippen LogP contribution is 2.36. The molecule has 2 aromatic rings. The first-order valence-corrected chi connectivity index (χ1v) is 7.45. The highest BCUT2D eigenvalue weighted by atomic mass is 32.1. The third-order valence-electron chi connectivity index (χ3n) is 2.92. The van der Waals surface area contributed by atoms with E-state index < -0.39 is 18.1 Å². The highest BCUT2D eigenvalue weighted by Gasteiger charge is 2.40. The van der Waals surface area contributed by atoms with Crippen LogP contribution in [0.25, 0.3) is 10.2 Å². The molecule has 0 bridgehead atoms. The van der Waals surface area contributed by atoms with Crippen LogP contribution >= 0.6 is 11.3 Å². The Hall–Kier alpha value is -2.16. The maximum Gasteiger partial charge on any atom is 0.471 e. The van der Waals surface area contributed by atoms with Gasteiger partial charge in [0.1, 0.15) is 9.71 Å². The van der Waals surface area contributed by atoms with Gasteiger partial charge in [0.2, 0.25) is 0 Å². The molecule has 0 radical (unpaired) electrons. The van der Waals surface area contributed by atoms with Gasteiger partial charge in [-0.3, -0.25) is 4.79 Å². The molecule has 0 unspecified atom stereocenters. The first-order chi connectivity index (χ1) is 10.6. The fraction of sp³-hybridized carbons (Fsp3) is 0.357. The molecule has 2 heterocycles. The van der Waals surface area contributed by atoms with Gasteiger partial charge in [-0.15, -0.1) is 11.3 Å². The smallest absolute Gasteiger partial charge is 0.471 e. The highest BCUT2D eigenvalue weighted by molar-refractivity contribution is 7.21. The van der Waals surface area contributed by atoms with Crippen LogP contribution in [-0.2, 0) is 11.2 Å². The minimum atomic E-state index is -5.10. The van der Waals surface area contributed by atoms with Gasteiger partial charge in [-0.05, 0) is 24.5 Å². The first kappa shape index (κ1) is 17.2. The van der Waals surface area contributed by atoms with E-state index in [1.54, 1.807) is 11.4 Å². The SMILES string of the molecule is CC(C)Cc1ccc2c(NC(=O)C(F)(F)F)c(C(=O)O)sc2n1. The second kappa shape index (κ2) is 6.15. The Balaban J connectivity index is 2.51. The van der Waals surface area contributed by atoms with E-state index in [9.17, 15) is 22.8 Å². The van der Waals surface area contributed by atoms with Crippen LogP contribution in [0, 0.1) is 5.92 Å². The van der Waals surface area contributed by atoms with Crippen LogP contribution in [0.4, 0.5) is 18.9 Å². The molecule has 124 valence electrons. The Morgan fingerprint density at radius 3 is 2.52 bits per heavy atom. The fourth-order valence-corrected chi connectivity index (χ4v) is 2.99. The Morgan fingerprint density at radius 1 is 1.35 bits per heavy atom. The first-order valence-electron chi connectivity index (χ1n) is 6.63. The molecule has 0 saturated carbocycles. The lowest BCUT2D eigenvalue weighted by molar-refractivity contribution is -0.167. The molecular formula is C14H13F3N2O3S. The standard InChI is InChI=1S/C14H13F3N2O3S/c1-6(2)5-7-3-4-8-9(19-13(22)14(15,16)17)10(12(20)21)23-11(8)18-7/h3-4,6H,5H2,1-2H3,(H,19,22)(H,20,21). The minimum Gasteiger partial charge on any atom is -0.477 e. The molecule has 0 fully saturated rings. The second-order valence-electron chi connectivity index (χ2n) is 5.32. The summed E-state index contributed by atoms with van der Waals surface area (Å²) in [4.78, 5) is 26.5. The van der Waals surface area contributed by atoms with Gasteiger partial charge >= 0.3 is 18.1 Å². The number of thiophene rings is 1. The van der Waals surface area contributed by atoms with Gasteiger partial charge in [0.05, 0.1) is 5.69 Å². The van der Waals surface area contributed by atoms with Crippen LogP contribution in [0.2, 0.25) is 0 Å². The summed E-state index contributed by atoms with van der Waals surface area (Å²) in [5.74, 6) is -3.31. The third kappa shape index (κ3) is 3.79. The van der Waals surface area contributed by atoms with E-state index in [-0.39, 0.29) is 20.8 Å². The van der Waals surface area contributed by atoms with Crippen LogP contribution in [0.5, 0.6) is 0 Å². The minimum absolute atomic E-state index is 0.178. The van der Waals surface area contributed by atoms with E-state index in [1.165, 1.54) is 6.07 Å². The number of alkyl halides is 3. The van der Waals surface area contributed by atoms with Crippen molar-refractivity contribution in [2.75, 3.05) is 5.32 Å². The Labute approximate surface area is 133 Å². The van der Waals surface area contributed by atoms with Crippen LogP contribution < -0.4 is 5.32 Å². The van der Waals surface area contributed by atoms with Gasteiger partial charge in [0.15, 0.2) is 0 Å². The zero-order valence-corrected chi connectivity index (χ0v) is 13.0. The zero-order chi connectivity index (χ0) is 17.4. The molecule has 0 aromatic carbocycles. The fourth-order valence-electron chi connectivity index (χ4n) is 2.01. The van der Waals surface area contributed by atoms with Gasteiger partial charge in [-0.2, -0.15) is 13.2 Å². The van der Waals surface area contributed by atoms with Crippen molar-refractivity contribution < 1.29 is 27.9 Å². The van der Waals surface area contributed by atoms with Gasteiger partial charge in [-0.25, -0.2) is 9.78 Å². The molecule has 9 heteroatoms. The van der Waals surface area contributed by atoms with Crippen LogP contribution in [0.3, 0.4) is 0 Å². The summed E-state index contributed by atoms with van der Waals surface area (Å²) in [6.45, 7) is 3.97. The summed E-state index contributed by atoms with van der Waals surface area (Å²) in [5.41, 5.74) is 0.336. The molecule has 1 amide bonds. The topological polar surface area (TPSA) is 79.3 Å². The van der Waals surface area contributed by atoms with Crippen molar-refractivity contribution in [3.63, 3.8) is 0 Å². The molecule has 0 saturated heterocycles. The van der Waals surface area contributed by atoms with Crippen molar-refractivity contribution in [2.45, 2.75) is 26.4 Å². The Bertz CT molecular complexity index is 768. The molecule has 2 rings (SSSR count). The third-order valence-corrected chi connectivity index (χ3v) is 4.01. The number of carboxylic acids is 1. The molecule has 2 aromatic heterocycles. The van der Waals surface area contributed by atoms with Gasteiger partial charge in [0.25, 0.3) is 0 Å². The van der Waals surface area contributed by atoms with E-state index in [2.05, 4.69) is 4.98 Å². The van der Waals surface area contributed by atoms with Crippen molar-refractivity contribution >= 4 is 39.1 Å². The van der Waals surface area contributed by atoms with Crippen LogP contribution in [0.1, 0.15) is 29.2 Å². The molecule has 0 aliphatic rings. The number of anilines is 1. The summed E-state index contributed by atoms with van der Waals surface area (Å²) < 4.78 is 37.2. The molecule has 2 N–H and O–H groups in total. The largest absolute Gasteiger partial charge is 0.477 e. The van der Waals surface area contributed by atoms with Crippen molar-refractivity contribution in [2.24, 2.45) is 5.92 Å². The number of fused-ring (bicyclic) bond motifs is 1. The van der Waals surface area contributed by atoms with E-state index in [0.29, 0.717) is 18.0 Å². The van der Waals surface area contributed by atoms with Gasteiger partial charge < -0.3 is 10.4 Å². The lowest BCUT2D eigenvalue weighted by atomic mass is 10.1. The Morgan fingerprint density at radius 2 is 2.00 bits per heavy atom. The quantitative estimate of drug-likeness (QED) is 0.885. The van der Waals surface area contributed by atoms with E-state index in [1.807, 2.05) is 13.8 Å². The monoisotopic (exact) mass is 346 g/mol. The predicted octanol–water partition coefficient (Wildman–Crippen LogP) is 3.69. The number of carbonyl (C=O) groups excluding carboxylic acids is 1. The average Bonchev–Trinajstić information content (AvgIpc) is 2.75. The van der Waals surface area contributed by atoms with Crippen LogP contribution in [-0.4, -0.2) is 28.1 Å². The summed E-state index contributed by atoms with van der Waals surface area (Å²) in [7, 11) is 0. The van der Waals surface area contributed by atoms with Crippen molar-refractivity contribution in [1.29, 1.82) is 0 Å². The zero-order valence-electron chi connectivity index (χ0n) is 12.2. The molecule has 5 nitrogen and oxygen atoms in total.